The van der Waals surface area contributed by atoms with Crippen LogP contribution in [0.3, 0.4) is 0 Å². The average Bonchev–Trinajstić information content (AvgIpc) is 2.75. The molecule has 0 unspecified atom stereocenters. The van der Waals surface area contributed by atoms with Crippen molar-refractivity contribution >= 4 is 17.0 Å². The van der Waals surface area contributed by atoms with Gasteiger partial charge in [-0.25, -0.2) is 0 Å². The van der Waals surface area contributed by atoms with E-state index in [4.69, 9.17) is 0 Å². The first kappa shape index (κ1) is 11.4. The highest BCUT2D eigenvalue weighted by atomic mass is 14.9. The minimum atomic E-state index is 1.24. The van der Waals surface area contributed by atoms with E-state index < -0.39 is 0 Å². The summed E-state index contributed by atoms with van der Waals surface area (Å²) in [5.74, 6) is 0. The van der Waals surface area contributed by atoms with Crippen molar-refractivity contribution in [3.05, 3.63) is 47.3 Å². The van der Waals surface area contributed by atoms with Gasteiger partial charge in [0.05, 0.1) is 0 Å². The van der Waals surface area contributed by atoms with Gasteiger partial charge in [-0.15, -0.1) is 5.73 Å². The molecule has 2 aromatic rings. The number of aryl methyl sites for hydroxylation is 1. The number of rotatable bonds is 1. The molecule has 0 atom stereocenters. The van der Waals surface area contributed by atoms with Gasteiger partial charge in [-0.1, -0.05) is 24.6 Å². The van der Waals surface area contributed by atoms with E-state index in [1.807, 2.05) is 0 Å². The molecule has 0 spiro atoms. The third-order valence-corrected chi connectivity index (χ3v) is 3.87. The monoisotopic (exact) mass is 237 g/mol. The molecule has 92 valence electrons. The number of hydrogen-bond donors (Lipinski definition) is 0. The van der Waals surface area contributed by atoms with E-state index in [1.165, 1.54) is 54.3 Å². The fourth-order valence-electron chi connectivity index (χ4n) is 2.75. The molecule has 0 N–H and O–H groups in total. The standard InChI is InChI=1S/C17H19N/c1-18-16(12-11-14-7-3-2-4-8-14)13-15-9-5-6-10-17(15)18/h5-6,9-10,12-13H,2-4,7-8H2,1H3. The molecule has 0 bridgehead atoms. The van der Waals surface area contributed by atoms with Gasteiger partial charge in [0.1, 0.15) is 0 Å². The summed E-state index contributed by atoms with van der Waals surface area (Å²) in [5.41, 5.74) is 7.54. The van der Waals surface area contributed by atoms with E-state index >= 15 is 0 Å². The van der Waals surface area contributed by atoms with Gasteiger partial charge in [-0.3, -0.25) is 0 Å². The Morgan fingerprint density at radius 3 is 2.67 bits per heavy atom. The maximum Gasteiger partial charge on any atom is 0.0493 e. The van der Waals surface area contributed by atoms with Crippen molar-refractivity contribution in [1.29, 1.82) is 0 Å². The third kappa shape index (κ3) is 2.14. The van der Waals surface area contributed by atoms with Gasteiger partial charge >= 0.3 is 0 Å². The molecule has 1 nitrogen and oxygen atoms in total. The number of fused-ring (bicyclic) bond motifs is 1. The summed E-state index contributed by atoms with van der Waals surface area (Å²) in [6.45, 7) is 0. The first-order valence-corrected chi connectivity index (χ1v) is 6.83. The van der Waals surface area contributed by atoms with E-state index in [2.05, 4.69) is 53.8 Å². The van der Waals surface area contributed by atoms with Crippen molar-refractivity contribution in [2.75, 3.05) is 0 Å². The van der Waals surface area contributed by atoms with Crippen molar-refractivity contribution in [3.63, 3.8) is 0 Å². The summed E-state index contributed by atoms with van der Waals surface area (Å²) < 4.78 is 2.24. The Morgan fingerprint density at radius 2 is 1.89 bits per heavy atom. The lowest BCUT2D eigenvalue weighted by Crippen LogP contribution is -1.92. The molecular formula is C17H19N. The Hall–Kier alpha value is -1.72. The van der Waals surface area contributed by atoms with Crippen LogP contribution in [0.15, 0.2) is 41.6 Å². The van der Waals surface area contributed by atoms with Crippen molar-refractivity contribution in [2.45, 2.75) is 32.1 Å². The Kier molecular flexibility index (Phi) is 3.08. The van der Waals surface area contributed by atoms with E-state index in [0.29, 0.717) is 0 Å². The van der Waals surface area contributed by atoms with E-state index in [0.717, 1.165) is 0 Å². The number of nitrogens with zero attached hydrogens (tertiary/aromatic N) is 1. The van der Waals surface area contributed by atoms with Crippen LogP contribution in [0.5, 0.6) is 0 Å². The molecule has 1 fully saturated rings. The summed E-state index contributed by atoms with van der Waals surface area (Å²) in [7, 11) is 2.13. The Bertz CT molecular complexity index is 616. The van der Waals surface area contributed by atoms with Gasteiger partial charge in [0.2, 0.25) is 0 Å². The van der Waals surface area contributed by atoms with Crippen LogP contribution >= 0.6 is 0 Å². The lowest BCUT2D eigenvalue weighted by Gasteiger charge is -2.10. The third-order valence-electron chi connectivity index (χ3n) is 3.87. The molecule has 1 aromatic carbocycles. The topological polar surface area (TPSA) is 4.93 Å². The van der Waals surface area contributed by atoms with Gasteiger partial charge < -0.3 is 4.57 Å². The van der Waals surface area contributed by atoms with E-state index in [-0.39, 0.29) is 0 Å². The summed E-state index contributed by atoms with van der Waals surface area (Å²) >= 11 is 0. The second-order valence-electron chi connectivity index (χ2n) is 5.14. The average molecular weight is 237 g/mol. The summed E-state index contributed by atoms with van der Waals surface area (Å²) in [6.07, 6.45) is 8.69. The van der Waals surface area contributed by atoms with Crippen molar-refractivity contribution < 1.29 is 0 Å². The molecule has 1 heteroatoms. The zero-order valence-corrected chi connectivity index (χ0v) is 10.9. The summed E-state index contributed by atoms with van der Waals surface area (Å²) in [6, 6.07) is 10.8. The normalized spacial score (nSPS) is 15.7. The largest absolute Gasteiger partial charge is 0.344 e. The second kappa shape index (κ2) is 4.88. The molecule has 1 aliphatic rings. The molecule has 3 rings (SSSR count). The Balaban J connectivity index is 1.99. The van der Waals surface area contributed by atoms with Gasteiger partial charge in [0, 0.05) is 29.7 Å². The molecule has 1 saturated carbocycles. The molecule has 0 saturated heterocycles. The number of hydrogen-bond acceptors (Lipinski definition) is 0. The van der Waals surface area contributed by atoms with Crippen LogP contribution < -0.4 is 0 Å². The number of allylic oxidation sites excluding steroid dienone is 1. The Morgan fingerprint density at radius 1 is 1.11 bits per heavy atom. The van der Waals surface area contributed by atoms with Gasteiger partial charge in [0.15, 0.2) is 0 Å². The first-order valence-electron chi connectivity index (χ1n) is 6.83. The fourth-order valence-corrected chi connectivity index (χ4v) is 2.75. The predicted octanol–water partition coefficient (Wildman–Crippen LogP) is 4.68. The number of para-hydroxylation sites is 1. The van der Waals surface area contributed by atoms with Crippen LogP contribution in [-0.4, -0.2) is 4.57 Å². The van der Waals surface area contributed by atoms with Crippen LogP contribution in [0.4, 0.5) is 0 Å². The molecule has 18 heavy (non-hydrogen) atoms. The van der Waals surface area contributed by atoms with E-state index in [9.17, 15) is 0 Å². The second-order valence-corrected chi connectivity index (χ2v) is 5.14. The smallest absolute Gasteiger partial charge is 0.0493 e. The molecule has 1 aromatic heterocycles. The summed E-state index contributed by atoms with van der Waals surface area (Å²) in [4.78, 5) is 0. The van der Waals surface area contributed by atoms with Gasteiger partial charge in [-0.05, 0) is 43.4 Å². The molecule has 0 aliphatic heterocycles. The molecule has 1 aliphatic carbocycles. The zero-order valence-electron chi connectivity index (χ0n) is 10.9. The lowest BCUT2D eigenvalue weighted by atomic mass is 9.96. The molecule has 0 amide bonds. The molecular weight excluding hydrogens is 218 g/mol. The summed E-state index contributed by atoms with van der Waals surface area (Å²) in [5, 5.41) is 1.31. The van der Waals surface area contributed by atoms with Gasteiger partial charge in [-0.2, -0.15) is 0 Å². The maximum atomic E-state index is 3.51. The first-order chi connectivity index (χ1) is 8.84. The van der Waals surface area contributed by atoms with E-state index in [1.54, 1.807) is 0 Å². The maximum absolute atomic E-state index is 3.51. The minimum absolute atomic E-state index is 1.24. The van der Waals surface area contributed by atoms with Crippen molar-refractivity contribution in [3.8, 4) is 0 Å². The predicted molar refractivity (Wildman–Crippen MR) is 77.5 cm³/mol. The fraction of sp³-hybridized carbons (Fsp3) is 0.353. The molecule has 0 radical (unpaired) electrons. The van der Waals surface area contributed by atoms with Crippen LogP contribution in [0, 0.1) is 0 Å². The lowest BCUT2D eigenvalue weighted by molar-refractivity contribution is 0.600. The number of aromatic nitrogens is 1. The van der Waals surface area contributed by atoms with Crippen LogP contribution in [0.1, 0.15) is 37.8 Å². The highest BCUT2D eigenvalue weighted by Crippen LogP contribution is 2.23. The quantitative estimate of drug-likeness (QED) is 0.635. The van der Waals surface area contributed by atoms with Crippen LogP contribution in [-0.2, 0) is 7.05 Å². The van der Waals surface area contributed by atoms with Crippen LogP contribution in [0.2, 0.25) is 0 Å². The highest BCUT2D eigenvalue weighted by Gasteiger charge is 2.04. The Labute approximate surface area is 108 Å². The minimum Gasteiger partial charge on any atom is -0.344 e. The molecule has 1 heterocycles. The van der Waals surface area contributed by atoms with Gasteiger partial charge in [0.25, 0.3) is 0 Å². The zero-order chi connectivity index (χ0) is 12.4. The highest BCUT2D eigenvalue weighted by molar-refractivity contribution is 5.83. The number of benzene rings is 1. The SMILES string of the molecule is Cn1c(C=C=C2CCCCC2)cc2ccccc21. The van der Waals surface area contributed by atoms with Crippen molar-refractivity contribution in [1.82, 2.24) is 4.57 Å². The van der Waals surface area contributed by atoms with Crippen LogP contribution in [0.25, 0.3) is 17.0 Å². The van der Waals surface area contributed by atoms with Crippen molar-refractivity contribution in [2.24, 2.45) is 7.05 Å².